The fraction of sp³-hybridized carbons (Fsp3) is 0.0119. The highest BCUT2D eigenvalue weighted by atomic mass is 32.2. The zero-order valence-electron chi connectivity index (χ0n) is 50.1. The molecule has 0 saturated carbocycles. The van der Waals surface area contributed by atoms with Crippen molar-refractivity contribution in [3.63, 3.8) is 0 Å². The third kappa shape index (κ3) is 6.86. The lowest BCUT2D eigenvalue weighted by Crippen LogP contribution is -2.32. The van der Waals surface area contributed by atoms with E-state index in [0.717, 1.165) is 145 Å². The van der Waals surface area contributed by atoms with Gasteiger partial charge in [0.1, 0.15) is 11.5 Å². The first-order valence-electron chi connectivity index (χ1n) is 31.6. The minimum atomic E-state index is -1.05. The predicted octanol–water partition coefficient (Wildman–Crippen LogP) is 21.8. The number of anilines is 3. The van der Waals surface area contributed by atoms with Crippen molar-refractivity contribution in [3.8, 4) is 45.6 Å². The molecule has 0 saturated heterocycles. The maximum absolute atomic E-state index is 8.01. The lowest BCUT2D eigenvalue weighted by Gasteiger charge is -2.39. The molecule has 0 radical (unpaired) electrons. The topological polar surface area (TPSA) is 62.3 Å². The fourth-order valence-electron chi connectivity index (χ4n) is 16.2. The summed E-state index contributed by atoms with van der Waals surface area (Å²) in [5.41, 5.74) is 20.9. The van der Waals surface area contributed by atoms with Crippen LogP contribution in [-0.2, 0) is 5.41 Å². The Kier molecular flexibility index (Phi) is 10.4. The van der Waals surface area contributed by atoms with E-state index in [4.69, 9.17) is 21.3 Å². The van der Waals surface area contributed by atoms with Crippen molar-refractivity contribution in [1.82, 2.24) is 28.2 Å². The summed E-state index contributed by atoms with van der Waals surface area (Å²) < 4.78 is 17.2. The maximum atomic E-state index is 8.01. The molecule has 2 aliphatic heterocycles. The van der Waals surface area contributed by atoms with Gasteiger partial charge in [0.05, 0.1) is 103 Å². The highest BCUT2D eigenvalue weighted by Crippen LogP contribution is 2.63. The van der Waals surface area contributed by atoms with Crippen LogP contribution in [0.1, 0.15) is 22.3 Å². The molecule has 6 aromatic heterocycles. The van der Waals surface area contributed by atoms with Gasteiger partial charge in [0, 0.05) is 98.9 Å². The molecule has 94 heavy (non-hydrogen) atoms. The van der Waals surface area contributed by atoms with E-state index in [1.165, 1.54) is 31.3 Å². The number of hydrogen-bond acceptors (Lipinski definition) is 5. The van der Waals surface area contributed by atoms with E-state index in [1.54, 1.807) is 0 Å². The largest absolute Gasteiger partial charge is 0.457 e. The van der Waals surface area contributed by atoms with E-state index in [9.17, 15) is 0 Å². The molecule has 10 heteroatoms. The highest BCUT2D eigenvalue weighted by Gasteiger charge is 2.53. The van der Waals surface area contributed by atoms with Gasteiger partial charge in [-0.1, -0.05) is 163 Å². The smallest absolute Gasteiger partial charge is 0.188 e. The van der Waals surface area contributed by atoms with Crippen LogP contribution in [0.5, 0.6) is 11.5 Å². The Labute approximate surface area is 542 Å². The summed E-state index contributed by atoms with van der Waals surface area (Å²) in [7, 11) is 0. The van der Waals surface area contributed by atoms with Crippen LogP contribution in [0.3, 0.4) is 0 Å². The van der Waals surface area contributed by atoms with Crippen molar-refractivity contribution in [2.45, 2.75) is 15.2 Å². The summed E-state index contributed by atoms with van der Waals surface area (Å²) in [4.78, 5) is 20.0. The van der Waals surface area contributed by atoms with Gasteiger partial charge in [-0.05, 0) is 121 Å². The number of pyridine rings is 2. The molecule has 1 spiro atoms. The lowest BCUT2D eigenvalue weighted by atomic mass is 9.66. The minimum Gasteiger partial charge on any atom is -0.457 e. The molecule has 0 fully saturated rings. The summed E-state index contributed by atoms with van der Waals surface area (Å²) in [6.07, 6.45) is 4.07. The van der Waals surface area contributed by atoms with Crippen molar-refractivity contribution in [2.24, 2.45) is 0 Å². The molecule has 18 aromatic rings. The van der Waals surface area contributed by atoms with Gasteiger partial charge in [-0.2, -0.15) is 0 Å². The van der Waals surface area contributed by atoms with Gasteiger partial charge in [-0.25, -0.2) is 4.85 Å². The summed E-state index contributed by atoms with van der Waals surface area (Å²) in [5.74, 6) is 1.43. The fourth-order valence-corrected chi connectivity index (χ4v) is 17.3. The van der Waals surface area contributed by atoms with Crippen LogP contribution in [0.4, 0.5) is 22.7 Å². The Morgan fingerprint density at radius 1 is 0.319 bits per heavy atom. The molecule has 9 nitrogen and oxygen atoms in total. The Morgan fingerprint density at radius 3 is 1.13 bits per heavy atom. The molecule has 3 aliphatic rings. The van der Waals surface area contributed by atoms with Gasteiger partial charge in [-0.15, -0.1) is 0 Å². The van der Waals surface area contributed by atoms with Gasteiger partial charge >= 0.3 is 0 Å². The molecular weight excluding hydrogens is 1170 g/mol. The molecular formula is C84H48N8OS. The van der Waals surface area contributed by atoms with Crippen LogP contribution < -0.4 is 9.64 Å². The molecule has 21 rings (SSSR count). The van der Waals surface area contributed by atoms with Crippen LogP contribution in [0.25, 0.3) is 126 Å². The Morgan fingerprint density at radius 2 is 0.681 bits per heavy atom. The number of benzene rings is 12. The van der Waals surface area contributed by atoms with Gasteiger partial charge < -0.3 is 27.9 Å². The quantitative estimate of drug-likeness (QED) is 0.161. The van der Waals surface area contributed by atoms with Crippen LogP contribution in [0.15, 0.2) is 301 Å². The predicted molar refractivity (Wildman–Crippen MR) is 382 cm³/mol. The first-order chi connectivity index (χ1) is 46.6. The number of rotatable bonds is 5. The number of para-hydroxylation sites is 8. The molecule has 0 unspecified atom stereocenters. The second-order valence-electron chi connectivity index (χ2n) is 24.7. The lowest BCUT2D eigenvalue weighted by molar-refractivity contribution is 0.436. The number of aromatic nitrogens is 6. The van der Waals surface area contributed by atoms with Crippen molar-refractivity contribution in [1.29, 1.82) is 0 Å². The van der Waals surface area contributed by atoms with Gasteiger partial charge in [-0.3, -0.25) is 9.97 Å². The average molecular weight is 1220 g/mol. The Hall–Kier alpha value is -12.4. The summed E-state index contributed by atoms with van der Waals surface area (Å²) >= 11 is 1.82. The van der Waals surface area contributed by atoms with Crippen LogP contribution in [0.2, 0.25) is 0 Å². The van der Waals surface area contributed by atoms with Crippen molar-refractivity contribution in [3.05, 3.63) is 325 Å². The maximum Gasteiger partial charge on any atom is 0.188 e. The molecule has 0 bridgehead atoms. The zero-order valence-corrected chi connectivity index (χ0v) is 50.9. The molecule has 0 N–H and O–H groups in total. The first-order valence-corrected chi connectivity index (χ1v) is 32.5. The molecule has 12 aromatic carbocycles. The SMILES string of the molecule is [C-]#[N+]c1ccc2c(c1)c1ccccc1n2-c1ccc2c(c1)Oc1cc(-n3c4ccccc4c4cc(N5c6ccccc6Sc6ccccc65)ccc43)ccc1C21c2cc(-n3c4ccccc4c4ccccc43)cnc2-c2ncc(-n3c4ccccc4c4ccccc43)cc21. The molecule has 436 valence electrons. The van der Waals surface area contributed by atoms with Gasteiger partial charge in [0.25, 0.3) is 0 Å². The summed E-state index contributed by atoms with van der Waals surface area (Å²) in [5, 5.41) is 9.08. The standard InChI is InChI=1S/C84H48N8OS/c1-85-50-34-40-74-62(42-50)60-22-6-12-28-72(60)88(74)52-35-38-64-78(46-52)93-79-47-53(89-73-29-13-7-23-61(73)63-43-51(37-41-75(63)89)90-76-30-14-16-32-80(76)94-81-33-17-15-31-77(81)90)36-39-65(79)84(64)66-44-54(91-68-24-8-2-18-56(68)57-19-3-9-25-69(57)91)48-86-82(66)83-67(84)45-55(49-87-83)92-70-26-10-4-20-58(70)59-21-5-11-27-71(59)92/h2-49H. The van der Waals surface area contributed by atoms with E-state index in [0.29, 0.717) is 11.4 Å². The Balaban J connectivity index is 0.847. The number of fused-ring (bicyclic) bond motifs is 23. The zero-order chi connectivity index (χ0) is 61.5. The molecule has 0 amide bonds. The van der Waals surface area contributed by atoms with Crippen molar-refractivity contribution in [2.75, 3.05) is 4.90 Å². The third-order valence-electron chi connectivity index (χ3n) is 20.1. The van der Waals surface area contributed by atoms with E-state index >= 15 is 0 Å². The highest BCUT2D eigenvalue weighted by molar-refractivity contribution is 7.99. The molecule has 0 atom stereocenters. The van der Waals surface area contributed by atoms with Crippen LogP contribution >= 0.6 is 11.8 Å². The van der Waals surface area contributed by atoms with E-state index in [2.05, 4.69) is 295 Å². The third-order valence-corrected chi connectivity index (χ3v) is 21.2. The van der Waals surface area contributed by atoms with Gasteiger partial charge in [0.15, 0.2) is 5.69 Å². The van der Waals surface area contributed by atoms with E-state index in [-0.39, 0.29) is 0 Å². The molecule has 1 aliphatic carbocycles. The van der Waals surface area contributed by atoms with Crippen molar-refractivity contribution >= 4 is 122 Å². The normalized spacial score (nSPS) is 13.4. The number of nitrogens with zero attached hydrogens (tertiary/aromatic N) is 8. The first kappa shape index (κ1) is 51.3. The monoisotopic (exact) mass is 1220 g/mol. The van der Waals surface area contributed by atoms with Gasteiger partial charge in [0.2, 0.25) is 0 Å². The van der Waals surface area contributed by atoms with Crippen molar-refractivity contribution < 1.29 is 4.74 Å². The number of hydrogen-bond donors (Lipinski definition) is 0. The Bertz CT molecular complexity index is 6120. The van der Waals surface area contributed by atoms with Crippen LogP contribution in [0, 0.1) is 6.57 Å². The minimum absolute atomic E-state index is 0.598. The van der Waals surface area contributed by atoms with E-state index in [1.807, 2.05) is 36.3 Å². The van der Waals surface area contributed by atoms with Crippen LogP contribution in [-0.4, -0.2) is 28.2 Å². The molecule has 8 heterocycles. The second kappa shape index (κ2) is 19.1. The average Bonchev–Trinajstić information content (AvgIpc) is 1.45. The second-order valence-corrected chi connectivity index (χ2v) is 25.8. The van der Waals surface area contributed by atoms with E-state index < -0.39 is 5.41 Å². The summed E-state index contributed by atoms with van der Waals surface area (Å²) in [6, 6.07) is 101. The summed E-state index contributed by atoms with van der Waals surface area (Å²) in [6.45, 7) is 8.01. The number of ether oxygens (including phenoxy) is 1.